The molecule has 1 aliphatic rings. The van der Waals surface area contributed by atoms with Crippen molar-refractivity contribution in [2.24, 2.45) is 0 Å². The van der Waals surface area contributed by atoms with Crippen molar-refractivity contribution in [3.63, 3.8) is 0 Å². The fraction of sp³-hybridized carbons (Fsp3) is 0.500. The molecule has 0 N–H and O–H groups in total. The van der Waals surface area contributed by atoms with Gasteiger partial charge in [0.2, 0.25) is 0 Å². The second-order valence-corrected chi connectivity index (χ2v) is 6.03. The first-order valence-corrected chi connectivity index (χ1v) is 8.53. The number of rotatable bonds is 4. The Kier molecular flexibility index (Phi) is 5.67. The second-order valence-electron chi connectivity index (χ2n) is 5.17. The van der Waals surface area contributed by atoms with Crippen molar-refractivity contribution in [3.05, 3.63) is 35.4 Å². The smallest absolute Gasteiger partial charge is 0.328 e. The van der Waals surface area contributed by atoms with Gasteiger partial charge in [0, 0.05) is 17.9 Å². The quantitative estimate of drug-likeness (QED) is 0.803. The monoisotopic (exact) mass is 307 g/mol. The molecule has 1 fully saturated rings. The van der Waals surface area contributed by atoms with Crippen LogP contribution in [0.2, 0.25) is 0 Å². The number of piperidine rings is 1. The molecule has 1 heterocycles. The third-order valence-corrected chi connectivity index (χ3v) is 4.34. The van der Waals surface area contributed by atoms with E-state index in [1.807, 2.05) is 30.5 Å². The number of carbonyl (C=O) groups is 2. The van der Waals surface area contributed by atoms with E-state index in [-0.39, 0.29) is 11.9 Å². The number of carbonyl (C=O) groups excluding carboxylic acids is 2. The molecule has 1 amide bonds. The van der Waals surface area contributed by atoms with Crippen LogP contribution in [0.15, 0.2) is 24.3 Å². The van der Waals surface area contributed by atoms with Gasteiger partial charge in [-0.1, -0.05) is 12.1 Å². The number of ether oxygens (including phenoxy) is 1. The topological polar surface area (TPSA) is 46.6 Å². The summed E-state index contributed by atoms with van der Waals surface area (Å²) >= 11 is 1.72. The lowest BCUT2D eigenvalue weighted by molar-refractivity contribution is -0.147. The van der Waals surface area contributed by atoms with Crippen molar-refractivity contribution in [1.29, 1.82) is 0 Å². The van der Waals surface area contributed by atoms with Crippen LogP contribution in [0.1, 0.15) is 35.2 Å². The summed E-state index contributed by atoms with van der Waals surface area (Å²) in [4.78, 5) is 26.2. The predicted octanol–water partition coefficient (Wildman–Crippen LogP) is 2.72. The minimum absolute atomic E-state index is 0.0759. The lowest BCUT2D eigenvalue weighted by Gasteiger charge is -2.33. The predicted molar refractivity (Wildman–Crippen MR) is 84.4 cm³/mol. The van der Waals surface area contributed by atoms with E-state index in [4.69, 9.17) is 4.74 Å². The summed E-state index contributed by atoms with van der Waals surface area (Å²) in [6.07, 6.45) is 4.61. The summed E-state index contributed by atoms with van der Waals surface area (Å²) in [5, 5.41) is 0. The van der Waals surface area contributed by atoms with E-state index in [2.05, 4.69) is 0 Å². The molecule has 1 unspecified atom stereocenters. The van der Waals surface area contributed by atoms with Crippen molar-refractivity contribution >= 4 is 23.6 Å². The normalized spacial score (nSPS) is 18.4. The molecule has 2 rings (SSSR count). The molecule has 0 bridgehead atoms. The van der Waals surface area contributed by atoms with E-state index >= 15 is 0 Å². The number of thioether (sulfide) groups is 1. The molecule has 21 heavy (non-hydrogen) atoms. The third-order valence-electron chi connectivity index (χ3n) is 3.72. The number of benzene rings is 1. The van der Waals surface area contributed by atoms with Gasteiger partial charge < -0.3 is 9.64 Å². The van der Waals surface area contributed by atoms with Gasteiger partial charge in [-0.15, -0.1) is 0 Å². The van der Waals surface area contributed by atoms with Crippen LogP contribution in [0, 0.1) is 0 Å². The maximum Gasteiger partial charge on any atom is 0.328 e. The van der Waals surface area contributed by atoms with Crippen LogP contribution in [-0.2, 0) is 15.3 Å². The van der Waals surface area contributed by atoms with Crippen molar-refractivity contribution in [2.45, 2.75) is 31.1 Å². The van der Waals surface area contributed by atoms with Gasteiger partial charge in [-0.25, -0.2) is 4.79 Å². The van der Waals surface area contributed by atoms with Crippen molar-refractivity contribution in [2.75, 3.05) is 19.9 Å². The zero-order valence-corrected chi connectivity index (χ0v) is 13.3. The van der Waals surface area contributed by atoms with Gasteiger partial charge in [0.05, 0.1) is 7.11 Å². The average Bonchev–Trinajstić information content (AvgIpc) is 2.54. The molecule has 1 aromatic rings. The van der Waals surface area contributed by atoms with Gasteiger partial charge in [0.1, 0.15) is 6.04 Å². The van der Waals surface area contributed by atoms with Crippen LogP contribution in [0.3, 0.4) is 0 Å². The first-order chi connectivity index (χ1) is 10.2. The van der Waals surface area contributed by atoms with E-state index in [0.717, 1.165) is 24.2 Å². The minimum Gasteiger partial charge on any atom is -0.467 e. The maximum absolute atomic E-state index is 12.7. The van der Waals surface area contributed by atoms with Crippen LogP contribution in [0.5, 0.6) is 0 Å². The number of hydrogen-bond donors (Lipinski definition) is 0. The highest BCUT2D eigenvalue weighted by Crippen LogP contribution is 2.21. The number of nitrogens with zero attached hydrogens (tertiary/aromatic N) is 1. The molecule has 0 aliphatic carbocycles. The minimum atomic E-state index is -0.444. The number of hydrogen-bond acceptors (Lipinski definition) is 4. The van der Waals surface area contributed by atoms with Gasteiger partial charge in [-0.3, -0.25) is 4.79 Å². The molecular weight excluding hydrogens is 286 g/mol. The first-order valence-electron chi connectivity index (χ1n) is 7.14. The maximum atomic E-state index is 12.7. The second kappa shape index (κ2) is 7.50. The zero-order chi connectivity index (χ0) is 15.2. The highest BCUT2D eigenvalue weighted by molar-refractivity contribution is 7.97. The Labute approximate surface area is 129 Å². The Balaban J connectivity index is 2.20. The molecular formula is C16H21NO3S. The largest absolute Gasteiger partial charge is 0.467 e. The zero-order valence-electron chi connectivity index (χ0n) is 12.5. The highest BCUT2D eigenvalue weighted by atomic mass is 32.2. The van der Waals surface area contributed by atoms with Gasteiger partial charge in [-0.05, 0) is 43.2 Å². The van der Waals surface area contributed by atoms with Gasteiger partial charge >= 0.3 is 5.97 Å². The summed E-state index contributed by atoms with van der Waals surface area (Å²) in [7, 11) is 1.37. The molecule has 4 nitrogen and oxygen atoms in total. The molecule has 114 valence electrons. The van der Waals surface area contributed by atoms with Crippen molar-refractivity contribution < 1.29 is 14.3 Å². The molecule has 1 atom stereocenters. The lowest BCUT2D eigenvalue weighted by Crippen LogP contribution is -2.48. The van der Waals surface area contributed by atoms with Crippen LogP contribution < -0.4 is 0 Å². The molecule has 1 aromatic carbocycles. The van der Waals surface area contributed by atoms with E-state index in [1.54, 1.807) is 16.7 Å². The van der Waals surface area contributed by atoms with Gasteiger partial charge in [0.25, 0.3) is 5.91 Å². The Morgan fingerprint density at radius 2 is 2.19 bits per heavy atom. The highest BCUT2D eigenvalue weighted by Gasteiger charge is 2.33. The van der Waals surface area contributed by atoms with E-state index < -0.39 is 6.04 Å². The average molecular weight is 307 g/mol. The van der Waals surface area contributed by atoms with E-state index in [1.165, 1.54) is 7.11 Å². The Bertz CT molecular complexity index is 518. The molecule has 1 aliphatic heterocycles. The summed E-state index contributed by atoms with van der Waals surface area (Å²) in [5.74, 6) is 0.484. The van der Waals surface area contributed by atoms with E-state index in [0.29, 0.717) is 18.5 Å². The molecule has 0 spiro atoms. The van der Waals surface area contributed by atoms with Gasteiger partial charge in [-0.2, -0.15) is 11.8 Å². The number of esters is 1. The number of amides is 1. The molecule has 1 saturated heterocycles. The lowest BCUT2D eigenvalue weighted by atomic mass is 10.0. The molecule has 0 aromatic heterocycles. The molecule has 5 heteroatoms. The van der Waals surface area contributed by atoms with Crippen LogP contribution >= 0.6 is 11.8 Å². The van der Waals surface area contributed by atoms with Crippen LogP contribution in [0.25, 0.3) is 0 Å². The third kappa shape index (κ3) is 3.79. The van der Waals surface area contributed by atoms with Crippen molar-refractivity contribution in [3.8, 4) is 0 Å². The molecule has 0 radical (unpaired) electrons. The van der Waals surface area contributed by atoms with Crippen LogP contribution in [-0.4, -0.2) is 42.7 Å². The Morgan fingerprint density at radius 3 is 2.90 bits per heavy atom. The number of methoxy groups -OCH3 is 1. The van der Waals surface area contributed by atoms with Gasteiger partial charge in [0.15, 0.2) is 0 Å². The number of likely N-dealkylation sites (tertiary alicyclic amines) is 1. The fourth-order valence-corrected chi connectivity index (χ4v) is 3.20. The fourth-order valence-electron chi connectivity index (χ4n) is 2.68. The SMILES string of the molecule is COC(=O)C1CCCCN1C(=O)c1cccc(CSC)c1. The van der Waals surface area contributed by atoms with Crippen LogP contribution in [0.4, 0.5) is 0 Å². The summed E-state index contributed by atoms with van der Waals surface area (Å²) in [6, 6.07) is 7.20. The summed E-state index contributed by atoms with van der Waals surface area (Å²) in [6.45, 7) is 0.616. The summed E-state index contributed by atoms with van der Waals surface area (Å²) in [5.41, 5.74) is 1.78. The standard InChI is InChI=1S/C16H21NO3S/c1-20-16(19)14-8-3-4-9-17(14)15(18)13-7-5-6-12(10-13)11-21-2/h5-7,10,14H,3-4,8-9,11H2,1-2H3. The first kappa shape index (κ1) is 15.9. The Morgan fingerprint density at radius 1 is 1.38 bits per heavy atom. The summed E-state index contributed by atoms with van der Waals surface area (Å²) < 4.78 is 4.83. The Hall–Kier alpha value is -1.49. The van der Waals surface area contributed by atoms with Crippen molar-refractivity contribution in [1.82, 2.24) is 4.90 Å². The molecule has 0 saturated carbocycles. The van der Waals surface area contributed by atoms with E-state index in [9.17, 15) is 9.59 Å².